The van der Waals surface area contributed by atoms with Crippen LogP contribution in [0.2, 0.25) is 0 Å². The molecule has 0 bridgehead atoms. The highest BCUT2D eigenvalue weighted by Gasteiger charge is 2.39. The molecule has 0 unspecified atom stereocenters. The molecule has 3 rings (SSSR count). The second-order valence-electron chi connectivity index (χ2n) is 11.7. The van der Waals surface area contributed by atoms with E-state index in [1.165, 1.54) is 24.3 Å². The minimum Gasteiger partial charge on any atom is -0.349 e. The second-order valence-corrected chi connectivity index (χ2v) is 11.7. The van der Waals surface area contributed by atoms with Crippen molar-refractivity contribution in [3.8, 4) is 0 Å². The van der Waals surface area contributed by atoms with Crippen LogP contribution in [0.4, 0.5) is 4.39 Å². The van der Waals surface area contributed by atoms with Crippen LogP contribution in [0.15, 0.2) is 24.3 Å². The summed E-state index contributed by atoms with van der Waals surface area (Å²) in [5.41, 5.74) is 1.43. The number of hydrogen-bond acceptors (Lipinski definition) is 5. The first-order valence-electron chi connectivity index (χ1n) is 13.6. The summed E-state index contributed by atoms with van der Waals surface area (Å²) in [7, 11) is 0. The molecule has 9 nitrogen and oxygen atoms in total. The van der Waals surface area contributed by atoms with E-state index in [-0.39, 0.29) is 30.2 Å². The van der Waals surface area contributed by atoms with Crippen molar-refractivity contribution in [3.05, 3.63) is 35.6 Å². The van der Waals surface area contributed by atoms with Gasteiger partial charge >= 0.3 is 0 Å². The van der Waals surface area contributed by atoms with E-state index >= 15 is 0 Å². The van der Waals surface area contributed by atoms with Gasteiger partial charge in [0.05, 0.1) is 0 Å². The first kappa shape index (κ1) is 29.5. The highest BCUT2D eigenvalue weighted by Crippen LogP contribution is 2.32. The molecule has 38 heavy (non-hydrogen) atoms. The summed E-state index contributed by atoms with van der Waals surface area (Å²) in [4.78, 5) is 53.0. The van der Waals surface area contributed by atoms with Crippen LogP contribution in [0.25, 0.3) is 0 Å². The Kier molecular flexibility index (Phi) is 10.2. The number of amides is 4. The van der Waals surface area contributed by atoms with E-state index in [0.717, 1.165) is 25.7 Å². The summed E-state index contributed by atoms with van der Waals surface area (Å²) in [5, 5.41) is 14.9. The molecule has 4 amide bonds. The maximum absolute atomic E-state index is 13.6. The molecule has 1 heterocycles. The zero-order valence-electron chi connectivity index (χ0n) is 22.6. The average molecular weight is 533 g/mol. The third-order valence-electron chi connectivity index (χ3n) is 7.67. The lowest BCUT2D eigenvalue weighted by Gasteiger charge is -2.39. The van der Waals surface area contributed by atoms with Crippen molar-refractivity contribution in [2.24, 2.45) is 17.3 Å². The van der Waals surface area contributed by atoms with Crippen LogP contribution in [-0.4, -0.2) is 58.9 Å². The molecule has 0 radical (unpaired) electrons. The third-order valence-corrected chi connectivity index (χ3v) is 7.67. The predicted molar refractivity (Wildman–Crippen MR) is 139 cm³/mol. The summed E-state index contributed by atoms with van der Waals surface area (Å²) < 4.78 is 13.1. The van der Waals surface area contributed by atoms with Gasteiger partial charge in [-0.05, 0) is 54.9 Å². The first-order chi connectivity index (χ1) is 18.0. The quantitative estimate of drug-likeness (QED) is 0.287. The minimum absolute atomic E-state index is 0.118. The lowest BCUT2D eigenvalue weighted by atomic mass is 9.84. The van der Waals surface area contributed by atoms with E-state index in [2.05, 4.69) is 10.6 Å². The summed E-state index contributed by atoms with van der Waals surface area (Å²) in [5.74, 6) is -2.13. The topological polar surface area (TPSA) is 128 Å². The van der Waals surface area contributed by atoms with Crippen molar-refractivity contribution < 1.29 is 28.8 Å². The van der Waals surface area contributed by atoms with Crippen LogP contribution >= 0.6 is 0 Å². The Morgan fingerprint density at radius 1 is 1.03 bits per heavy atom. The lowest BCUT2D eigenvalue weighted by Crippen LogP contribution is -2.58. The van der Waals surface area contributed by atoms with Gasteiger partial charge in [0.15, 0.2) is 0 Å². The van der Waals surface area contributed by atoms with Crippen LogP contribution in [0.5, 0.6) is 0 Å². The molecular weight excluding hydrogens is 491 g/mol. The number of rotatable bonds is 9. The van der Waals surface area contributed by atoms with Gasteiger partial charge in [-0.1, -0.05) is 46.5 Å². The molecule has 0 spiro atoms. The number of piperidine rings is 1. The standard InChI is InChI=1S/C28H41FN4O5/c1-28(2,3)24(31-26(36)20(17-23(34)32-38)16-18-6-4-5-7-18)27(37)33-14-12-22(13-15-33)30-25(35)19-8-10-21(29)11-9-19/h8-11,18,20,22,24,38H,4-7,12-17H2,1-3H3,(H,30,35)(H,31,36)(H,32,34)/t20-,24-/m1/s1. The van der Waals surface area contributed by atoms with Crippen molar-refractivity contribution in [3.63, 3.8) is 0 Å². The van der Waals surface area contributed by atoms with E-state index in [0.29, 0.717) is 43.8 Å². The lowest BCUT2D eigenvalue weighted by molar-refractivity contribution is -0.142. The highest BCUT2D eigenvalue weighted by molar-refractivity contribution is 5.94. The maximum atomic E-state index is 13.6. The third kappa shape index (κ3) is 8.24. The molecule has 4 N–H and O–H groups in total. The highest BCUT2D eigenvalue weighted by atomic mass is 19.1. The Balaban J connectivity index is 1.60. The Hall–Kier alpha value is -3.01. The summed E-state index contributed by atoms with van der Waals surface area (Å²) in [6.45, 7) is 6.51. The number of likely N-dealkylation sites (tertiary alicyclic amines) is 1. The predicted octanol–water partition coefficient (Wildman–Crippen LogP) is 3.17. The van der Waals surface area contributed by atoms with E-state index in [1.54, 1.807) is 10.4 Å². The number of nitrogens with zero attached hydrogens (tertiary/aromatic N) is 1. The van der Waals surface area contributed by atoms with Gasteiger partial charge in [0.1, 0.15) is 11.9 Å². The minimum atomic E-state index is -0.788. The molecule has 2 atom stereocenters. The van der Waals surface area contributed by atoms with Crippen LogP contribution in [0.1, 0.15) is 82.5 Å². The molecule has 1 saturated heterocycles. The number of hydroxylamine groups is 1. The summed E-state index contributed by atoms with van der Waals surface area (Å²) in [6, 6.07) is 4.45. The largest absolute Gasteiger partial charge is 0.349 e. The molecule has 1 aliphatic heterocycles. The van der Waals surface area contributed by atoms with Gasteiger partial charge in [-0.3, -0.25) is 24.4 Å². The van der Waals surface area contributed by atoms with E-state index in [9.17, 15) is 23.6 Å². The fourth-order valence-corrected chi connectivity index (χ4v) is 5.41. The second kappa shape index (κ2) is 13.2. The van der Waals surface area contributed by atoms with Crippen LogP contribution in [0.3, 0.4) is 0 Å². The normalized spacial score (nSPS) is 18.5. The molecule has 210 valence electrons. The summed E-state index contributed by atoms with van der Waals surface area (Å²) >= 11 is 0. The van der Waals surface area contributed by atoms with E-state index in [4.69, 9.17) is 5.21 Å². The molecule has 2 aliphatic rings. The van der Waals surface area contributed by atoms with Gasteiger partial charge in [0, 0.05) is 37.0 Å². The summed E-state index contributed by atoms with van der Waals surface area (Å²) in [6.07, 6.45) is 5.77. The molecule has 0 aromatic heterocycles. The van der Waals surface area contributed by atoms with Gasteiger partial charge in [-0.25, -0.2) is 9.87 Å². The van der Waals surface area contributed by atoms with Crippen molar-refractivity contribution in [1.82, 2.24) is 21.0 Å². The number of carbonyl (C=O) groups excluding carboxylic acids is 4. The van der Waals surface area contributed by atoms with Crippen molar-refractivity contribution in [2.75, 3.05) is 13.1 Å². The Morgan fingerprint density at radius 3 is 2.18 bits per heavy atom. The molecule has 1 aromatic carbocycles. The smallest absolute Gasteiger partial charge is 0.251 e. The Bertz CT molecular complexity index is 980. The van der Waals surface area contributed by atoms with Gasteiger partial charge in [-0.15, -0.1) is 0 Å². The van der Waals surface area contributed by atoms with Crippen molar-refractivity contribution >= 4 is 23.6 Å². The average Bonchev–Trinajstić information content (AvgIpc) is 3.39. The molecular formula is C28H41FN4O5. The van der Waals surface area contributed by atoms with Gasteiger partial charge in [0.25, 0.3) is 5.91 Å². The van der Waals surface area contributed by atoms with Crippen LogP contribution < -0.4 is 16.1 Å². The van der Waals surface area contributed by atoms with Crippen molar-refractivity contribution in [2.45, 2.75) is 84.2 Å². The van der Waals surface area contributed by atoms with Crippen LogP contribution in [0, 0.1) is 23.1 Å². The number of carbonyl (C=O) groups is 4. The zero-order valence-corrected chi connectivity index (χ0v) is 22.6. The maximum Gasteiger partial charge on any atom is 0.251 e. The zero-order chi connectivity index (χ0) is 27.9. The van der Waals surface area contributed by atoms with E-state index < -0.39 is 29.1 Å². The van der Waals surface area contributed by atoms with Crippen molar-refractivity contribution in [1.29, 1.82) is 0 Å². The molecule has 1 saturated carbocycles. The molecule has 1 aliphatic carbocycles. The Morgan fingerprint density at radius 2 is 1.63 bits per heavy atom. The number of nitrogens with one attached hydrogen (secondary N) is 3. The van der Waals surface area contributed by atoms with Gasteiger partial charge in [-0.2, -0.15) is 0 Å². The first-order valence-corrected chi connectivity index (χ1v) is 13.6. The fraction of sp³-hybridized carbons (Fsp3) is 0.643. The fourth-order valence-electron chi connectivity index (χ4n) is 5.41. The molecule has 2 fully saturated rings. The molecule has 1 aromatic rings. The monoisotopic (exact) mass is 532 g/mol. The number of hydrogen-bond donors (Lipinski definition) is 4. The molecule has 10 heteroatoms. The number of halogens is 1. The van der Waals surface area contributed by atoms with E-state index in [1.807, 2.05) is 20.8 Å². The van der Waals surface area contributed by atoms with Gasteiger partial charge in [0.2, 0.25) is 17.7 Å². The van der Waals surface area contributed by atoms with Crippen LogP contribution in [-0.2, 0) is 14.4 Å². The number of benzene rings is 1. The van der Waals surface area contributed by atoms with Gasteiger partial charge < -0.3 is 15.5 Å². The Labute approximate surface area is 223 Å². The SMILES string of the molecule is CC(C)(C)[C@H](NC(=O)[C@@H](CC(=O)NO)CC1CCCC1)C(=O)N1CCC(NC(=O)c2ccc(F)cc2)CC1.